The third-order valence-electron chi connectivity index (χ3n) is 4.60. The van der Waals surface area contributed by atoms with Crippen LogP contribution in [0.2, 0.25) is 0 Å². The minimum absolute atomic E-state index is 0.0649. The van der Waals surface area contributed by atoms with Crippen molar-refractivity contribution in [2.45, 2.75) is 24.3 Å². The maximum Gasteiger partial charge on any atom is 0.331 e. The SMILES string of the molecule is CCS(=O)(=O)c1cccc(C(=O)N2CCc3ccccc3C2C(=O)O)c1. The molecule has 0 saturated heterocycles. The monoisotopic (exact) mass is 373 g/mol. The average molecular weight is 373 g/mol. The van der Waals surface area contributed by atoms with Crippen molar-refractivity contribution >= 4 is 21.7 Å². The summed E-state index contributed by atoms with van der Waals surface area (Å²) in [4.78, 5) is 26.2. The number of sulfone groups is 1. The Morgan fingerprint density at radius 2 is 1.88 bits per heavy atom. The molecule has 0 fully saturated rings. The number of aliphatic carboxylic acids is 1. The van der Waals surface area contributed by atoms with E-state index in [1.807, 2.05) is 12.1 Å². The van der Waals surface area contributed by atoms with Gasteiger partial charge >= 0.3 is 5.97 Å². The quantitative estimate of drug-likeness (QED) is 0.888. The number of benzene rings is 2. The molecule has 0 bridgehead atoms. The number of carboxylic acid groups (broad SMARTS) is 1. The molecule has 1 aliphatic heterocycles. The van der Waals surface area contributed by atoms with Gasteiger partial charge in [-0.15, -0.1) is 0 Å². The molecule has 0 aliphatic carbocycles. The van der Waals surface area contributed by atoms with Gasteiger partial charge < -0.3 is 10.0 Å². The highest BCUT2D eigenvalue weighted by molar-refractivity contribution is 7.91. The number of hydrogen-bond donors (Lipinski definition) is 1. The first-order chi connectivity index (χ1) is 12.3. The van der Waals surface area contributed by atoms with Crippen LogP contribution in [0.5, 0.6) is 0 Å². The summed E-state index contributed by atoms with van der Waals surface area (Å²) in [5, 5.41) is 9.68. The van der Waals surface area contributed by atoms with E-state index in [4.69, 9.17) is 0 Å². The van der Waals surface area contributed by atoms with Crippen LogP contribution in [0, 0.1) is 0 Å². The summed E-state index contributed by atoms with van der Waals surface area (Å²) in [5.41, 5.74) is 1.67. The molecule has 1 unspecified atom stereocenters. The normalized spacial score (nSPS) is 16.8. The Kier molecular flexibility index (Phi) is 4.82. The van der Waals surface area contributed by atoms with E-state index < -0.39 is 27.8 Å². The number of hydrogen-bond acceptors (Lipinski definition) is 4. The molecule has 0 saturated carbocycles. The Labute approximate surface area is 152 Å². The predicted molar refractivity (Wildman–Crippen MR) is 95.7 cm³/mol. The zero-order chi connectivity index (χ0) is 18.9. The van der Waals surface area contributed by atoms with Gasteiger partial charge in [-0.2, -0.15) is 0 Å². The van der Waals surface area contributed by atoms with Gasteiger partial charge in [0, 0.05) is 12.1 Å². The van der Waals surface area contributed by atoms with Gasteiger partial charge in [0.15, 0.2) is 15.9 Å². The summed E-state index contributed by atoms with van der Waals surface area (Å²) in [7, 11) is -3.45. The van der Waals surface area contributed by atoms with Crippen LogP contribution in [0.25, 0.3) is 0 Å². The first-order valence-corrected chi connectivity index (χ1v) is 9.95. The van der Waals surface area contributed by atoms with E-state index in [0.29, 0.717) is 12.0 Å². The zero-order valence-electron chi connectivity index (χ0n) is 14.3. The molecular weight excluding hydrogens is 354 g/mol. The van der Waals surface area contributed by atoms with E-state index in [1.165, 1.54) is 36.1 Å². The van der Waals surface area contributed by atoms with Crippen molar-refractivity contribution in [3.63, 3.8) is 0 Å². The van der Waals surface area contributed by atoms with E-state index in [-0.39, 0.29) is 22.8 Å². The number of nitrogens with zero attached hydrogens (tertiary/aromatic N) is 1. The topological polar surface area (TPSA) is 91.8 Å². The molecule has 1 N–H and O–H groups in total. The zero-order valence-corrected chi connectivity index (χ0v) is 15.1. The first kappa shape index (κ1) is 18.1. The van der Waals surface area contributed by atoms with Crippen LogP contribution in [0.1, 0.15) is 34.5 Å². The highest BCUT2D eigenvalue weighted by atomic mass is 32.2. The largest absolute Gasteiger partial charge is 0.479 e. The smallest absolute Gasteiger partial charge is 0.331 e. The molecule has 3 rings (SSSR count). The fourth-order valence-corrected chi connectivity index (χ4v) is 4.13. The lowest BCUT2D eigenvalue weighted by Crippen LogP contribution is -2.43. The van der Waals surface area contributed by atoms with E-state index in [1.54, 1.807) is 12.1 Å². The lowest BCUT2D eigenvalue weighted by atomic mass is 9.92. The third-order valence-corrected chi connectivity index (χ3v) is 6.33. The molecule has 1 heterocycles. The predicted octanol–water partition coefficient (Wildman–Crippen LogP) is 2.30. The molecule has 0 radical (unpaired) electrons. The standard InChI is InChI=1S/C19H19NO5S/c1-2-26(24,25)15-8-5-7-14(12-15)18(21)20-11-10-13-6-3-4-9-16(13)17(20)19(22)23/h3-9,12,17H,2,10-11H2,1H3,(H,22,23). The van der Waals surface area contributed by atoms with Crippen molar-refractivity contribution < 1.29 is 23.1 Å². The van der Waals surface area contributed by atoms with Gasteiger partial charge in [0.1, 0.15) is 0 Å². The number of rotatable bonds is 4. The minimum Gasteiger partial charge on any atom is -0.479 e. The fourth-order valence-electron chi connectivity index (χ4n) is 3.21. The van der Waals surface area contributed by atoms with Crippen LogP contribution in [-0.2, 0) is 21.1 Å². The number of carbonyl (C=O) groups is 2. The van der Waals surface area contributed by atoms with Gasteiger partial charge in [-0.3, -0.25) is 4.79 Å². The van der Waals surface area contributed by atoms with Crippen LogP contribution in [-0.4, -0.2) is 42.6 Å². The second kappa shape index (κ2) is 6.92. The molecule has 6 nitrogen and oxygen atoms in total. The summed E-state index contributed by atoms with van der Waals surface area (Å²) < 4.78 is 24.1. The van der Waals surface area contributed by atoms with Gasteiger partial charge in [0.25, 0.3) is 5.91 Å². The molecular formula is C19H19NO5S. The van der Waals surface area contributed by atoms with Crippen LogP contribution in [0.15, 0.2) is 53.4 Å². The molecule has 7 heteroatoms. The Hall–Kier alpha value is -2.67. The van der Waals surface area contributed by atoms with Gasteiger partial charge in [-0.1, -0.05) is 37.3 Å². The fraction of sp³-hybridized carbons (Fsp3) is 0.263. The number of fused-ring (bicyclic) bond motifs is 1. The van der Waals surface area contributed by atoms with E-state index in [9.17, 15) is 23.1 Å². The highest BCUT2D eigenvalue weighted by Gasteiger charge is 2.36. The summed E-state index contributed by atoms with van der Waals surface area (Å²) in [6, 6.07) is 11.9. The molecule has 2 aromatic carbocycles. The van der Waals surface area contributed by atoms with Crippen molar-refractivity contribution in [2.75, 3.05) is 12.3 Å². The van der Waals surface area contributed by atoms with Gasteiger partial charge in [0.2, 0.25) is 0 Å². The molecule has 136 valence electrons. The van der Waals surface area contributed by atoms with Crippen LogP contribution >= 0.6 is 0 Å². The molecule has 1 amide bonds. The van der Waals surface area contributed by atoms with Crippen LogP contribution < -0.4 is 0 Å². The van der Waals surface area contributed by atoms with Crippen molar-refractivity contribution in [1.82, 2.24) is 4.90 Å². The highest BCUT2D eigenvalue weighted by Crippen LogP contribution is 2.31. The van der Waals surface area contributed by atoms with Crippen molar-refractivity contribution in [1.29, 1.82) is 0 Å². The Balaban J connectivity index is 2.00. The van der Waals surface area contributed by atoms with E-state index >= 15 is 0 Å². The van der Waals surface area contributed by atoms with Crippen molar-refractivity contribution in [3.05, 3.63) is 65.2 Å². The van der Waals surface area contributed by atoms with Gasteiger partial charge in [0.05, 0.1) is 10.6 Å². The Morgan fingerprint density at radius 3 is 2.58 bits per heavy atom. The Bertz CT molecular complexity index is 967. The third kappa shape index (κ3) is 3.22. The summed E-state index contributed by atoms with van der Waals surface area (Å²) in [6.45, 7) is 1.80. The van der Waals surface area contributed by atoms with Crippen LogP contribution in [0.4, 0.5) is 0 Å². The number of carboxylic acids is 1. The van der Waals surface area contributed by atoms with E-state index in [2.05, 4.69) is 0 Å². The summed E-state index contributed by atoms with van der Waals surface area (Å²) >= 11 is 0. The summed E-state index contributed by atoms with van der Waals surface area (Å²) in [5.74, 6) is -1.66. The van der Waals surface area contributed by atoms with Gasteiger partial charge in [-0.25, -0.2) is 13.2 Å². The molecule has 0 spiro atoms. The first-order valence-electron chi connectivity index (χ1n) is 8.29. The molecule has 0 aromatic heterocycles. The van der Waals surface area contributed by atoms with E-state index in [0.717, 1.165) is 5.56 Å². The maximum atomic E-state index is 13.0. The second-order valence-electron chi connectivity index (χ2n) is 6.12. The lowest BCUT2D eigenvalue weighted by Gasteiger charge is -2.34. The number of amides is 1. The molecule has 1 aliphatic rings. The van der Waals surface area contributed by atoms with Crippen LogP contribution in [0.3, 0.4) is 0 Å². The van der Waals surface area contributed by atoms with Crippen molar-refractivity contribution in [2.24, 2.45) is 0 Å². The van der Waals surface area contributed by atoms with Crippen molar-refractivity contribution in [3.8, 4) is 0 Å². The minimum atomic E-state index is -3.45. The molecule has 2 aromatic rings. The molecule has 1 atom stereocenters. The maximum absolute atomic E-state index is 13.0. The Morgan fingerprint density at radius 1 is 1.15 bits per heavy atom. The second-order valence-corrected chi connectivity index (χ2v) is 8.40. The lowest BCUT2D eigenvalue weighted by molar-refractivity contribution is -0.143. The molecule has 26 heavy (non-hydrogen) atoms. The summed E-state index contributed by atoms with van der Waals surface area (Å²) in [6.07, 6.45) is 0.554. The number of carbonyl (C=O) groups excluding carboxylic acids is 1. The average Bonchev–Trinajstić information content (AvgIpc) is 2.66. The van der Waals surface area contributed by atoms with Gasteiger partial charge in [-0.05, 0) is 35.7 Å².